The molecule has 0 radical (unpaired) electrons. The number of carbonyl (C=O) groups excluding carboxylic acids is 1. The fraction of sp³-hybridized carbons (Fsp3) is 0.286. The minimum absolute atomic E-state index is 0.299. The van der Waals surface area contributed by atoms with Crippen LogP contribution >= 0.6 is 0 Å². The van der Waals surface area contributed by atoms with Gasteiger partial charge in [0.15, 0.2) is 12.4 Å². The lowest BCUT2D eigenvalue weighted by molar-refractivity contribution is -0.115. The first-order valence-electron chi connectivity index (χ1n) is 2.93. The Kier molecular flexibility index (Phi) is 1.87. The first-order valence-corrected chi connectivity index (χ1v) is 2.93. The molecule has 0 spiro atoms. The number of aliphatic hydroxyl groups is 1. The Labute approximate surface area is 58.3 Å². The van der Waals surface area contributed by atoms with Crippen LogP contribution in [0.2, 0.25) is 0 Å². The summed E-state index contributed by atoms with van der Waals surface area (Å²) in [6.45, 7) is 1.75. The van der Waals surface area contributed by atoms with Gasteiger partial charge in [-0.1, -0.05) is 0 Å². The summed E-state index contributed by atoms with van der Waals surface area (Å²) in [5, 5.41) is 8.88. The Hall–Kier alpha value is -1.09. The zero-order valence-electron chi connectivity index (χ0n) is 5.57. The second kappa shape index (κ2) is 2.66. The van der Waals surface area contributed by atoms with E-state index in [0.717, 1.165) is 0 Å². The normalized spacial score (nSPS) is 13.0. The summed E-state index contributed by atoms with van der Waals surface area (Å²) < 4.78 is 4.95. The van der Waals surface area contributed by atoms with Gasteiger partial charge in [0, 0.05) is 0 Å². The van der Waals surface area contributed by atoms with E-state index in [4.69, 9.17) is 9.52 Å². The summed E-state index contributed by atoms with van der Waals surface area (Å²) in [5.74, 6) is 0.989. The Balaban J connectivity index is 2.84. The third-order valence-electron chi connectivity index (χ3n) is 1.18. The van der Waals surface area contributed by atoms with Crippen LogP contribution in [0.1, 0.15) is 17.6 Å². The van der Waals surface area contributed by atoms with Crippen LogP contribution in [-0.4, -0.2) is 11.4 Å². The van der Waals surface area contributed by atoms with Crippen molar-refractivity contribution in [1.29, 1.82) is 0 Å². The molecule has 54 valence electrons. The van der Waals surface area contributed by atoms with Gasteiger partial charge < -0.3 is 9.52 Å². The van der Waals surface area contributed by atoms with Crippen molar-refractivity contribution >= 4 is 6.29 Å². The van der Waals surface area contributed by atoms with Gasteiger partial charge in [0.1, 0.15) is 11.5 Å². The first-order chi connectivity index (χ1) is 4.74. The molecule has 0 saturated heterocycles. The molecule has 1 rings (SSSR count). The molecule has 0 aromatic carbocycles. The summed E-state index contributed by atoms with van der Waals surface area (Å²) in [4.78, 5) is 10.0. The molecule has 10 heavy (non-hydrogen) atoms. The van der Waals surface area contributed by atoms with Gasteiger partial charge in [-0.25, -0.2) is 0 Å². The molecule has 0 aliphatic heterocycles. The van der Waals surface area contributed by atoms with E-state index in [0.29, 0.717) is 17.8 Å². The van der Waals surface area contributed by atoms with Crippen LogP contribution in [0.3, 0.4) is 0 Å². The molecular weight excluding hydrogens is 132 g/mol. The molecule has 0 aliphatic carbocycles. The average molecular weight is 140 g/mol. The van der Waals surface area contributed by atoms with Crippen LogP contribution in [-0.2, 0) is 4.79 Å². The lowest BCUT2D eigenvalue weighted by Crippen LogP contribution is -1.94. The standard InChI is InChI=1S/C7H8O3/c1-5-2-3-7(10-5)6(9)4-8/h2-4,6,9H,1H3. The molecule has 1 atom stereocenters. The van der Waals surface area contributed by atoms with E-state index in [1.807, 2.05) is 0 Å². The Morgan fingerprint density at radius 2 is 2.40 bits per heavy atom. The monoisotopic (exact) mass is 140 g/mol. The van der Waals surface area contributed by atoms with Crippen LogP contribution in [0.15, 0.2) is 16.5 Å². The number of hydrogen-bond acceptors (Lipinski definition) is 3. The third kappa shape index (κ3) is 1.25. The quantitative estimate of drug-likeness (QED) is 0.619. The van der Waals surface area contributed by atoms with Crippen molar-refractivity contribution in [3.8, 4) is 0 Å². The number of aliphatic hydroxyl groups excluding tert-OH is 1. The molecule has 3 nitrogen and oxygen atoms in total. The van der Waals surface area contributed by atoms with Crippen LogP contribution in [0.4, 0.5) is 0 Å². The zero-order chi connectivity index (χ0) is 7.56. The lowest BCUT2D eigenvalue weighted by atomic mass is 10.3. The summed E-state index contributed by atoms with van der Waals surface area (Å²) >= 11 is 0. The van der Waals surface area contributed by atoms with Gasteiger partial charge in [0.2, 0.25) is 0 Å². The maximum atomic E-state index is 10.0. The predicted octanol–water partition coefficient (Wildman–Crippen LogP) is 0.820. The van der Waals surface area contributed by atoms with Gasteiger partial charge in [-0.3, -0.25) is 4.79 Å². The van der Waals surface area contributed by atoms with E-state index in [2.05, 4.69) is 0 Å². The molecule has 1 aromatic heterocycles. The molecule has 1 aromatic rings. The number of furan rings is 1. The lowest BCUT2D eigenvalue weighted by Gasteiger charge is -1.94. The van der Waals surface area contributed by atoms with E-state index in [1.165, 1.54) is 0 Å². The molecule has 0 amide bonds. The van der Waals surface area contributed by atoms with E-state index in [9.17, 15) is 4.79 Å². The van der Waals surface area contributed by atoms with Crippen molar-refractivity contribution in [2.45, 2.75) is 13.0 Å². The van der Waals surface area contributed by atoms with Crippen molar-refractivity contribution in [3.63, 3.8) is 0 Å². The fourth-order valence-electron chi connectivity index (χ4n) is 0.679. The molecule has 0 fully saturated rings. The van der Waals surface area contributed by atoms with Gasteiger partial charge in [0.25, 0.3) is 0 Å². The van der Waals surface area contributed by atoms with Crippen molar-refractivity contribution in [3.05, 3.63) is 23.7 Å². The fourth-order valence-corrected chi connectivity index (χ4v) is 0.679. The third-order valence-corrected chi connectivity index (χ3v) is 1.18. The minimum Gasteiger partial charge on any atom is -0.463 e. The molecule has 0 aliphatic rings. The molecule has 3 heteroatoms. The topological polar surface area (TPSA) is 50.4 Å². The van der Waals surface area contributed by atoms with Crippen LogP contribution < -0.4 is 0 Å². The highest BCUT2D eigenvalue weighted by Gasteiger charge is 2.08. The molecule has 1 heterocycles. The highest BCUT2D eigenvalue weighted by molar-refractivity contribution is 5.57. The number of aldehydes is 1. The van der Waals surface area contributed by atoms with Crippen LogP contribution in [0.5, 0.6) is 0 Å². The van der Waals surface area contributed by atoms with Crippen molar-refractivity contribution in [2.24, 2.45) is 0 Å². The molecule has 1 unspecified atom stereocenters. The second-order valence-electron chi connectivity index (χ2n) is 2.03. The minimum atomic E-state index is -1.12. The number of hydrogen-bond donors (Lipinski definition) is 1. The maximum Gasteiger partial charge on any atom is 0.167 e. The van der Waals surface area contributed by atoms with Gasteiger partial charge >= 0.3 is 0 Å². The largest absolute Gasteiger partial charge is 0.463 e. The number of rotatable bonds is 2. The highest BCUT2D eigenvalue weighted by Crippen LogP contribution is 2.13. The predicted molar refractivity (Wildman–Crippen MR) is 34.5 cm³/mol. The molecule has 0 bridgehead atoms. The smallest absolute Gasteiger partial charge is 0.167 e. The molecule has 1 N–H and O–H groups in total. The zero-order valence-corrected chi connectivity index (χ0v) is 5.57. The van der Waals surface area contributed by atoms with Gasteiger partial charge in [-0.15, -0.1) is 0 Å². The SMILES string of the molecule is Cc1ccc(C(O)C=O)o1. The van der Waals surface area contributed by atoms with Crippen molar-refractivity contribution in [1.82, 2.24) is 0 Å². The first kappa shape index (κ1) is 7.02. The van der Waals surface area contributed by atoms with Crippen molar-refractivity contribution < 1.29 is 14.3 Å². The number of carbonyl (C=O) groups is 1. The Morgan fingerprint density at radius 3 is 2.80 bits per heavy atom. The summed E-state index contributed by atoms with van der Waals surface area (Å²) in [7, 11) is 0. The maximum absolute atomic E-state index is 10.0. The second-order valence-corrected chi connectivity index (χ2v) is 2.03. The Morgan fingerprint density at radius 1 is 1.70 bits per heavy atom. The van der Waals surface area contributed by atoms with E-state index >= 15 is 0 Å². The van der Waals surface area contributed by atoms with E-state index < -0.39 is 6.10 Å². The van der Waals surface area contributed by atoms with Gasteiger partial charge in [-0.05, 0) is 19.1 Å². The van der Waals surface area contributed by atoms with Crippen LogP contribution in [0.25, 0.3) is 0 Å². The van der Waals surface area contributed by atoms with Crippen LogP contribution in [0, 0.1) is 6.92 Å². The average Bonchev–Trinajstić information content (AvgIpc) is 2.34. The van der Waals surface area contributed by atoms with Gasteiger partial charge in [-0.2, -0.15) is 0 Å². The van der Waals surface area contributed by atoms with E-state index in [1.54, 1.807) is 19.1 Å². The summed E-state index contributed by atoms with van der Waals surface area (Å²) in [5.41, 5.74) is 0. The highest BCUT2D eigenvalue weighted by atomic mass is 16.4. The number of aryl methyl sites for hydroxylation is 1. The summed E-state index contributed by atoms with van der Waals surface area (Å²) in [6, 6.07) is 3.27. The van der Waals surface area contributed by atoms with Gasteiger partial charge in [0.05, 0.1) is 0 Å². The Bertz CT molecular complexity index is 227. The van der Waals surface area contributed by atoms with E-state index in [-0.39, 0.29) is 0 Å². The van der Waals surface area contributed by atoms with Crippen molar-refractivity contribution in [2.75, 3.05) is 0 Å². The molecule has 0 saturated carbocycles. The summed E-state index contributed by atoms with van der Waals surface area (Å²) in [6.07, 6.45) is -0.688. The molecular formula is C7H8O3.